The summed E-state index contributed by atoms with van der Waals surface area (Å²) in [7, 11) is 0. The van der Waals surface area contributed by atoms with Gasteiger partial charge in [0.15, 0.2) is 6.10 Å². The number of unbranched alkanes of at least 4 members (excludes halogenated alkanes) is 1. The van der Waals surface area contributed by atoms with E-state index in [2.05, 4.69) is 0 Å². The maximum absolute atomic E-state index is 11.1. The number of aryl methyl sites for hydroxylation is 1. The Bertz CT molecular complexity index is 360. The van der Waals surface area contributed by atoms with Gasteiger partial charge < -0.3 is 9.84 Å². The summed E-state index contributed by atoms with van der Waals surface area (Å²) in [6.07, 6.45) is 2.51. The highest BCUT2D eigenvalue weighted by Crippen LogP contribution is 2.21. The molecule has 1 rings (SSSR count). The van der Waals surface area contributed by atoms with Crippen molar-refractivity contribution in [2.24, 2.45) is 0 Å². The fourth-order valence-corrected chi connectivity index (χ4v) is 1.69. The molecule has 1 aromatic rings. The summed E-state index contributed by atoms with van der Waals surface area (Å²) in [5, 5.41) is 9.10. The van der Waals surface area contributed by atoms with Crippen LogP contribution in [0.5, 0.6) is 5.75 Å². The minimum atomic E-state index is -0.885. The van der Waals surface area contributed by atoms with Gasteiger partial charge >= 0.3 is 5.97 Å². The van der Waals surface area contributed by atoms with Gasteiger partial charge in [-0.1, -0.05) is 38.5 Å². The lowest BCUT2D eigenvalue weighted by atomic mass is 10.1. The van der Waals surface area contributed by atoms with E-state index in [-0.39, 0.29) is 0 Å². The van der Waals surface area contributed by atoms with Crippen molar-refractivity contribution in [3.05, 3.63) is 29.8 Å². The molecule has 0 amide bonds. The van der Waals surface area contributed by atoms with E-state index in [1.165, 1.54) is 0 Å². The number of aliphatic carboxylic acids is 1. The maximum atomic E-state index is 11.1. The van der Waals surface area contributed by atoms with E-state index in [0.717, 1.165) is 24.8 Å². The molecular formula is C14H20O3. The van der Waals surface area contributed by atoms with Gasteiger partial charge in [0.05, 0.1) is 0 Å². The summed E-state index contributed by atoms with van der Waals surface area (Å²) >= 11 is 0. The summed E-state index contributed by atoms with van der Waals surface area (Å²) in [5.41, 5.74) is 1.05. The first-order chi connectivity index (χ1) is 8.19. The van der Waals surface area contributed by atoms with Gasteiger partial charge in [-0.05, 0) is 30.9 Å². The summed E-state index contributed by atoms with van der Waals surface area (Å²) in [6, 6.07) is 7.61. The molecular weight excluding hydrogens is 216 g/mol. The van der Waals surface area contributed by atoms with Crippen LogP contribution in [0.4, 0.5) is 0 Å². The monoisotopic (exact) mass is 236 g/mol. The van der Waals surface area contributed by atoms with Crippen molar-refractivity contribution < 1.29 is 14.6 Å². The van der Waals surface area contributed by atoms with Gasteiger partial charge in [0.1, 0.15) is 5.75 Å². The largest absolute Gasteiger partial charge is 0.479 e. The molecule has 1 N–H and O–H groups in total. The second-order valence-electron chi connectivity index (χ2n) is 4.05. The Labute approximate surface area is 102 Å². The molecule has 0 bridgehead atoms. The Morgan fingerprint density at radius 2 is 2.06 bits per heavy atom. The first-order valence-corrected chi connectivity index (χ1v) is 6.16. The number of para-hydroxylation sites is 1. The molecule has 0 spiro atoms. The molecule has 0 aliphatic rings. The number of rotatable bonds is 7. The molecule has 17 heavy (non-hydrogen) atoms. The predicted octanol–water partition coefficient (Wildman–Crippen LogP) is 3.27. The number of ether oxygens (including phenoxy) is 1. The summed E-state index contributed by atoms with van der Waals surface area (Å²) in [6.45, 7) is 4.07. The van der Waals surface area contributed by atoms with Crippen LogP contribution < -0.4 is 4.74 Å². The maximum Gasteiger partial charge on any atom is 0.344 e. The number of carbonyl (C=O) groups is 1. The molecule has 0 aliphatic heterocycles. The van der Waals surface area contributed by atoms with Crippen LogP contribution in [0.3, 0.4) is 0 Å². The third-order valence-corrected chi connectivity index (χ3v) is 2.72. The second kappa shape index (κ2) is 6.94. The molecule has 0 aromatic heterocycles. The molecule has 1 aromatic carbocycles. The zero-order chi connectivity index (χ0) is 12.7. The van der Waals surface area contributed by atoms with Crippen LogP contribution in [0.2, 0.25) is 0 Å². The molecule has 3 nitrogen and oxygen atoms in total. The lowest BCUT2D eigenvalue weighted by Crippen LogP contribution is -2.27. The minimum Gasteiger partial charge on any atom is -0.479 e. The molecule has 94 valence electrons. The average Bonchev–Trinajstić information content (AvgIpc) is 2.34. The Morgan fingerprint density at radius 1 is 1.35 bits per heavy atom. The van der Waals surface area contributed by atoms with E-state index < -0.39 is 12.1 Å². The van der Waals surface area contributed by atoms with Crippen LogP contribution in [0.15, 0.2) is 24.3 Å². The standard InChI is InChI=1S/C14H20O3/c1-3-5-9-13(14(15)16)17-12-10-7-6-8-11(12)4-2/h6-8,10,13H,3-5,9H2,1-2H3,(H,15,16). The van der Waals surface area contributed by atoms with Crippen molar-refractivity contribution in [3.8, 4) is 5.75 Å². The number of carboxylic acids is 1. The zero-order valence-electron chi connectivity index (χ0n) is 10.5. The Kier molecular flexibility index (Phi) is 5.53. The lowest BCUT2D eigenvalue weighted by Gasteiger charge is -2.16. The van der Waals surface area contributed by atoms with Crippen molar-refractivity contribution in [1.29, 1.82) is 0 Å². The van der Waals surface area contributed by atoms with E-state index >= 15 is 0 Å². The highest BCUT2D eigenvalue weighted by Gasteiger charge is 2.19. The van der Waals surface area contributed by atoms with Gasteiger partial charge in [-0.25, -0.2) is 4.79 Å². The minimum absolute atomic E-state index is 0.559. The number of hydrogen-bond acceptors (Lipinski definition) is 2. The average molecular weight is 236 g/mol. The van der Waals surface area contributed by atoms with Crippen LogP contribution in [-0.4, -0.2) is 17.2 Å². The van der Waals surface area contributed by atoms with Gasteiger partial charge in [0, 0.05) is 0 Å². The van der Waals surface area contributed by atoms with Crippen molar-refractivity contribution in [3.63, 3.8) is 0 Å². The molecule has 0 saturated carbocycles. The van der Waals surface area contributed by atoms with Gasteiger partial charge in [-0.2, -0.15) is 0 Å². The molecule has 0 aliphatic carbocycles. The Hall–Kier alpha value is -1.51. The quantitative estimate of drug-likeness (QED) is 0.790. The summed E-state index contributed by atoms with van der Waals surface area (Å²) < 4.78 is 5.60. The molecule has 0 heterocycles. The Balaban J connectivity index is 2.74. The van der Waals surface area contributed by atoms with Crippen LogP contribution in [-0.2, 0) is 11.2 Å². The first-order valence-electron chi connectivity index (χ1n) is 6.16. The van der Waals surface area contributed by atoms with E-state index in [0.29, 0.717) is 12.2 Å². The normalized spacial score (nSPS) is 12.1. The topological polar surface area (TPSA) is 46.5 Å². The number of hydrogen-bond donors (Lipinski definition) is 1. The third kappa shape index (κ3) is 4.10. The number of benzene rings is 1. The summed E-state index contributed by atoms with van der Waals surface area (Å²) in [4.78, 5) is 11.1. The molecule has 1 atom stereocenters. The van der Waals surface area contributed by atoms with E-state index in [4.69, 9.17) is 9.84 Å². The van der Waals surface area contributed by atoms with Gasteiger partial charge in [-0.15, -0.1) is 0 Å². The third-order valence-electron chi connectivity index (χ3n) is 2.72. The fourth-order valence-electron chi connectivity index (χ4n) is 1.69. The molecule has 1 unspecified atom stereocenters. The smallest absolute Gasteiger partial charge is 0.344 e. The Morgan fingerprint density at radius 3 is 2.65 bits per heavy atom. The van der Waals surface area contributed by atoms with Gasteiger partial charge in [0.25, 0.3) is 0 Å². The zero-order valence-corrected chi connectivity index (χ0v) is 10.5. The van der Waals surface area contributed by atoms with E-state index in [9.17, 15) is 4.79 Å². The van der Waals surface area contributed by atoms with Gasteiger partial charge in [0.2, 0.25) is 0 Å². The van der Waals surface area contributed by atoms with Crippen molar-refractivity contribution in [2.75, 3.05) is 0 Å². The number of carboxylic acid groups (broad SMARTS) is 1. The van der Waals surface area contributed by atoms with Crippen LogP contribution >= 0.6 is 0 Å². The van der Waals surface area contributed by atoms with Crippen molar-refractivity contribution in [1.82, 2.24) is 0 Å². The highest BCUT2D eigenvalue weighted by molar-refractivity contribution is 5.72. The van der Waals surface area contributed by atoms with Crippen molar-refractivity contribution >= 4 is 5.97 Å². The summed E-state index contributed by atoms with van der Waals surface area (Å²) in [5.74, 6) is -0.192. The molecule has 3 heteroatoms. The fraction of sp³-hybridized carbons (Fsp3) is 0.500. The van der Waals surface area contributed by atoms with Gasteiger partial charge in [-0.3, -0.25) is 0 Å². The molecule has 0 saturated heterocycles. The van der Waals surface area contributed by atoms with Crippen LogP contribution in [0, 0.1) is 0 Å². The molecule has 0 fully saturated rings. The van der Waals surface area contributed by atoms with Crippen LogP contribution in [0.25, 0.3) is 0 Å². The van der Waals surface area contributed by atoms with Crippen molar-refractivity contribution in [2.45, 2.75) is 45.6 Å². The first kappa shape index (κ1) is 13.6. The lowest BCUT2D eigenvalue weighted by molar-refractivity contribution is -0.145. The highest BCUT2D eigenvalue weighted by atomic mass is 16.5. The van der Waals surface area contributed by atoms with Crippen LogP contribution in [0.1, 0.15) is 38.7 Å². The van der Waals surface area contributed by atoms with E-state index in [1.54, 1.807) is 0 Å². The SMILES string of the molecule is CCCCC(Oc1ccccc1CC)C(=O)O. The molecule has 0 radical (unpaired) electrons. The second-order valence-corrected chi connectivity index (χ2v) is 4.05. The van der Waals surface area contributed by atoms with E-state index in [1.807, 2.05) is 38.1 Å². The predicted molar refractivity (Wildman–Crippen MR) is 67.4 cm³/mol.